The fourth-order valence-electron chi connectivity index (χ4n) is 1.19. The van der Waals surface area contributed by atoms with Crippen molar-refractivity contribution in [1.82, 2.24) is 0 Å². The van der Waals surface area contributed by atoms with E-state index in [0.717, 1.165) is 13.0 Å². The van der Waals surface area contributed by atoms with Crippen LogP contribution < -0.4 is 0 Å². The maximum atomic E-state index is 13.2. The molecule has 0 aliphatic heterocycles. The lowest BCUT2D eigenvalue weighted by atomic mass is 10.2. The van der Waals surface area contributed by atoms with Crippen LogP contribution >= 0.6 is 0 Å². The van der Waals surface area contributed by atoms with Gasteiger partial charge in [-0.15, -0.1) is 0 Å². The lowest BCUT2D eigenvalue weighted by Gasteiger charge is -2.04. The van der Waals surface area contributed by atoms with Gasteiger partial charge in [-0.1, -0.05) is 6.07 Å². The van der Waals surface area contributed by atoms with Crippen molar-refractivity contribution in [1.29, 1.82) is 0 Å². The molecular formula is C10H11FO3S. The molecule has 0 amide bonds. The molecule has 5 heteroatoms. The SMILES string of the molecule is CC(=O)CS(=O)(=O)c1cc(C)ccc1F. The number of Topliss-reactive ketones (excluding diaryl/α,β-unsaturated/α-hetero) is 1. The standard InChI is InChI=1S/C10H11FO3S/c1-7-3-4-9(11)10(5-7)15(13,14)6-8(2)12/h3-5H,6H2,1-2H3. The van der Waals surface area contributed by atoms with Gasteiger partial charge >= 0.3 is 0 Å². The van der Waals surface area contributed by atoms with Gasteiger partial charge in [0.25, 0.3) is 0 Å². The first-order valence-electron chi connectivity index (χ1n) is 4.31. The van der Waals surface area contributed by atoms with E-state index in [-0.39, 0.29) is 0 Å². The average Bonchev–Trinajstić information content (AvgIpc) is 2.06. The van der Waals surface area contributed by atoms with Crippen molar-refractivity contribution in [2.24, 2.45) is 0 Å². The molecule has 0 radical (unpaired) electrons. The summed E-state index contributed by atoms with van der Waals surface area (Å²) in [5.41, 5.74) is 0.638. The van der Waals surface area contributed by atoms with Crippen molar-refractivity contribution in [3.63, 3.8) is 0 Å². The lowest BCUT2D eigenvalue weighted by molar-refractivity contribution is -0.114. The highest BCUT2D eigenvalue weighted by Gasteiger charge is 2.20. The molecule has 0 spiro atoms. The van der Waals surface area contributed by atoms with Crippen LogP contribution in [0.15, 0.2) is 23.1 Å². The maximum Gasteiger partial charge on any atom is 0.188 e. The number of aryl methyl sites for hydroxylation is 1. The smallest absolute Gasteiger partial charge is 0.188 e. The van der Waals surface area contributed by atoms with Crippen LogP contribution in [0.4, 0.5) is 4.39 Å². The Morgan fingerprint density at radius 1 is 1.40 bits per heavy atom. The molecule has 3 nitrogen and oxygen atoms in total. The van der Waals surface area contributed by atoms with Gasteiger partial charge in [-0.3, -0.25) is 4.79 Å². The Morgan fingerprint density at radius 3 is 2.53 bits per heavy atom. The number of rotatable bonds is 3. The van der Waals surface area contributed by atoms with E-state index in [4.69, 9.17) is 0 Å². The summed E-state index contributed by atoms with van der Waals surface area (Å²) in [6, 6.07) is 3.79. The van der Waals surface area contributed by atoms with Gasteiger partial charge in [0, 0.05) is 0 Å². The summed E-state index contributed by atoms with van der Waals surface area (Å²) in [4.78, 5) is 10.3. The second kappa shape index (κ2) is 4.10. The summed E-state index contributed by atoms with van der Waals surface area (Å²) in [6.45, 7) is 2.82. The van der Waals surface area contributed by atoms with Crippen LogP contribution in [0.2, 0.25) is 0 Å². The molecule has 1 aromatic carbocycles. The molecule has 0 fully saturated rings. The van der Waals surface area contributed by atoms with E-state index < -0.39 is 32.1 Å². The molecule has 1 rings (SSSR count). The van der Waals surface area contributed by atoms with E-state index in [1.54, 1.807) is 6.92 Å². The van der Waals surface area contributed by atoms with E-state index in [1.807, 2.05) is 0 Å². The summed E-state index contributed by atoms with van der Waals surface area (Å²) in [7, 11) is -3.84. The molecule has 0 aliphatic carbocycles. The van der Waals surface area contributed by atoms with Crippen molar-refractivity contribution < 1.29 is 17.6 Å². The number of carbonyl (C=O) groups is 1. The number of hydrogen-bond donors (Lipinski definition) is 0. The van der Waals surface area contributed by atoms with Crippen LogP contribution in [0.3, 0.4) is 0 Å². The molecule has 82 valence electrons. The van der Waals surface area contributed by atoms with Gasteiger partial charge in [0.05, 0.1) is 0 Å². The van der Waals surface area contributed by atoms with Gasteiger partial charge < -0.3 is 0 Å². The van der Waals surface area contributed by atoms with Crippen LogP contribution in [0.1, 0.15) is 12.5 Å². The molecule has 0 bridgehead atoms. The van der Waals surface area contributed by atoms with Crippen molar-refractivity contribution in [3.05, 3.63) is 29.6 Å². The lowest BCUT2D eigenvalue weighted by Crippen LogP contribution is -2.14. The van der Waals surface area contributed by atoms with Crippen LogP contribution in [0, 0.1) is 12.7 Å². The Kier molecular flexibility index (Phi) is 3.24. The fourth-order valence-corrected chi connectivity index (χ4v) is 2.62. The minimum atomic E-state index is -3.84. The number of halogens is 1. The molecule has 0 aromatic heterocycles. The van der Waals surface area contributed by atoms with Crippen LogP contribution in [-0.4, -0.2) is 20.0 Å². The Hall–Kier alpha value is -1.23. The van der Waals surface area contributed by atoms with Crippen LogP contribution in [0.25, 0.3) is 0 Å². The van der Waals surface area contributed by atoms with Crippen molar-refractivity contribution in [2.45, 2.75) is 18.7 Å². The quantitative estimate of drug-likeness (QED) is 0.790. The zero-order valence-corrected chi connectivity index (χ0v) is 9.27. The summed E-state index contributed by atoms with van der Waals surface area (Å²) in [5, 5.41) is 0. The molecule has 1 aromatic rings. The number of hydrogen-bond acceptors (Lipinski definition) is 3. The Balaban J connectivity index is 3.26. The first-order valence-corrected chi connectivity index (χ1v) is 5.96. The minimum absolute atomic E-state index is 0.405. The molecule has 0 aliphatic rings. The van der Waals surface area contributed by atoms with E-state index in [9.17, 15) is 17.6 Å². The maximum absolute atomic E-state index is 13.2. The summed E-state index contributed by atoms with van der Waals surface area (Å²) < 4.78 is 36.3. The Morgan fingerprint density at radius 2 is 2.00 bits per heavy atom. The monoisotopic (exact) mass is 230 g/mol. The van der Waals surface area contributed by atoms with Gasteiger partial charge in [-0.05, 0) is 31.5 Å². The van der Waals surface area contributed by atoms with Gasteiger partial charge in [-0.2, -0.15) is 0 Å². The summed E-state index contributed by atoms with van der Waals surface area (Å²) in [6.07, 6.45) is 0. The van der Waals surface area contributed by atoms with Crippen LogP contribution in [0.5, 0.6) is 0 Å². The predicted molar refractivity (Wildman–Crippen MR) is 53.9 cm³/mol. The summed E-state index contributed by atoms with van der Waals surface area (Å²) in [5.74, 6) is -1.98. The van der Waals surface area contributed by atoms with Gasteiger partial charge in [0.15, 0.2) is 9.84 Å². The highest BCUT2D eigenvalue weighted by Crippen LogP contribution is 2.17. The Labute approximate surface area is 87.8 Å². The zero-order chi connectivity index (χ0) is 11.6. The molecule has 0 saturated carbocycles. The van der Waals surface area contributed by atoms with Crippen molar-refractivity contribution >= 4 is 15.6 Å². The second-order valence-electron chi connectivity index (χ2n) is 3.39. The highest BCUT2D eigenvalue weighted by molar-refractivity contribution is 7.92. The molecule has 0 atom stereocenters. The number of carbonyl (C=O) groups excluding carboxylic acids is 1. The highest BCUT2D eigenvalue weighted by atomic mass is 32.2. The topological polar surface area (TPSA) is 51.2 Å². The number of sulfone groups is 1. The third-order valence-electron chi connectivity index (χ3n) is 1.82. The van der Waals surface area contributed by atoms with E-state index >= 15 is 0 Å². The fraction of sp³-hybridized carbons (Fsp3) is 0.300. The van der Waals surface area contributed by atoms with Gasteiger partial charge in [0.2, 0.25) is 0 Å². The molecule has 15 heavy (non-hydrogen) atoms. The van der Waals surface area contributed by atoms with E-state index in [2.05, 4.69) is 0 Å². The average molecular weight is 230 g/mol. The first-order chi connectivity index (χ1) is 6.83. The Bertz CT molecular complexity index is 491. The minimum Gasteiger partial charge on any atom is -0.299 e. The van der Waals surface area contributed by atoms with Gasteiger partial charge in [-0.25, -0.2) is 12.8 Å². The molecule has 0 N–H and O–H groups in total. The van der Waals surface area contributed by atoms with E-state index in [0.29, 0.717) is 5.56 Å². The van der Waals surface area contributed by atoms with Gasteiger partial charge in [0.1, 0.15) is 22.2 Å². The summed E-state index contributed by atoms with van der Waals surface area (Å²) >= 11 is 0. The largest absolute Gasteiger partial charge is 0.299 e. The number of benzene rings is 1. The molecule has 0 heterocycles. The molecule has 0 saturated heterocycles. The normalized spacial score (nSPS) is 11.4. The molecular weight excluding hydrogens is 219 g/mol. The van der Waals surface area contributed by atoms with Crippen LogP contribution in [-0.2, 0) is 14.6 Å². The molecule has 0 unspecified atom stereocenters. The second-order valence-corrected chi connectivity index (χ2v) is 5.35. The van der Waals surface area contributed by atoms with Crippen molar-refractivity contribution in [3.8, 4) is 0 Å². The predicted octanol–water partition coefficient (Wildman–Crippen LogP) is 1.50. The van der Waals surface area contributed by atoms with E-state index in [1.165, 1.54) is 12.1 Å². The third-order valence-corrected chi connectivity index (χ3v) is 3.58. The third kappa shape index (κ3) is 2.86. The zero-order valence-electron chi connectivity index (χ0n) is 8.45. The van der Waals surface area contributed by atoms with Crippen molar-refractivity contribution in [2.75, 3.05) is 5.75 Å². The first kappa shape index (κ1) is 11.8. The number of ketones is 1.